The molecule has 2 heterocycles. The highest BCUT2D eigenvalue weighted by Gasteiger charge is 2.15. The molecule has 2 aliphatic rings. The van der Waals surface area contributed by atoms with Gasteiger partial charge in [-0.2, -0.15) is 5.26 Å². The van der Waals surface area contributed by atoms with E-state index in [1.54, 1.807) is 31.2 Å². The maximum atomic E-state index is 11.2. The third-order valence-electron chi connectivity index (χ3n) is 4.60. The van der Waals surface area contributed by atoms with Crippen LogP contribution < -0.4 is 4.90 Å². The zero-order chi connectivity index (χ0) is 19.2. The average Bonchev–Trinajstić information content (AvgIpc) is 2.67. The van der Waals surface area contributed by atoms with Gasteiger partial charge in [0.1, 0.15) is 23.2 Å². The minimum Gasteiger partial charge on any atom is -0.477 e. The summed E-state index contributed by atoms with van der Waals surface area (Å²) in [6.45, 7) is 3.95. The molecule has 0 saturated carbocycles. The number of nitriles is 1. The molecule has 0 spiro atoms. The van der Waals surface area contributed by atoms with Crippen molar-refractivity contribution in [3.63, 3.8) is 0 Å². The van der Waals surface area contributed by atoms with Crippen LogP contribution in [0, 0.1) is 11.3 Å². The summed E-state index contributed by atoms with van der Waals surface area (Å²) in [5, 5.41) is 18.2. The molecule has 1 N–H and O–H groups in total. The summed E-state index contributed by atoms with van der Waals surface area (Å²) in [5.74, 6) is -0.202. The largest absolute Gasteiger partial charge is 0.477 e. The van der Waals surface area contributed by atoms with Gasteiger partial charge in [-0.25, -0.2) is 4.79 Å². The molecule has 5 nitrogen and oxygen atoms in total. The van der Waals surface area contributed by atoms with Crippen LogP contribution in [-0.2, 0) is 9.53 Å². The first kappa shape index (κ1) is 18.5. The topological polar surface area (TPSA) is 73.6 Å². The maximum Gasteiger partial charge on any atom is 0.347 e. The Kier molecular flexibility index (Phi) is 5.77. The van der Waals surface area contributed by atoms with Crippen LogP contribution in [0.1, 0.15) is 31.7 Å². The Hall–Kier alpha value is -3.26. The number of nitrogens with zero attached hydrogens (tertiary/aromatic N) is 2. The lowest BCUT2D eigenvalue weighted by Crippen LogP contribution is -2.29. The second-order valence-corrected chi connectivity index (χ2v) is 6.62. The summed E-state index contributed by atoms with van der Waals surface area (Å²) >= 11 is 0. The van der Waals surface area contributed by atoms with E-state index in [1.807, 2.05) is 6.08 Å². The van der Waals surface area contributed by atoms with Crippen LogP contribution in [0.2, 0.25) is 0 Å². The standard InChI is InChI=1S/C22H22N2O3/c1-16-13-18(21(15-23)22(25)26)14-20(27-16)10-7-17-5-8-19(9-6-17)24-11-3-2-4-12-24/h5-10,13-14H,2-4,11-12H2,1H3,(H,25,26). The summed E-state index contributed by atoms with van der Waals surface area (Å²) in [4.78, 5) is 13.6. The van der Waals surface area contributed by atoms with E-state index in [9.17, 15) is 4.79 Å². The van der Waals surface area contributed by atoms with E-state index in [0.717, 1.165) is 18.7 Å². The van der Waals surface area contributed by atoms with Crippen LogP contribution in [0.25, 0.3) is 6.08 Å². The van der Waals surface area contributed by atoms with Gasteiger partial charge < -0.3 is 14.7 Å². The van der Waals surface area contributed by atoms with E-state index >= 15 is 0 Å². The van der Waals surface area contributed by atoms with Crippen molar-refractivity contribution in [2.75, 3.05) is 18.0 Å². The van der Waals surface area contributed by atoms with E-state index in [1.165, 1.54) is 24.9 Å². The van der Waals surface area contributed by atoms with Gasteiger partial charge in [0.05, 0.1) is 0 Å². The van der Waals surface area contributed by atoms with Gasteiger partial charge in [0.2, 0.25) is 0 Å². The van der Waals surface area contributed by atoms with Gasteiger partial charge in [-0.15, -0.1) is 0 Å². The number of hydrogen-bond donors (Lipinski definition) is 1. The van der Waals surface area contributed by atoms with Crippen LogP contribution in [0.3, 0.4) is 0 Å². The quantitative estimate of drug-likeness (QED) is 0.634. The van der Waals surface area contributed by atoms with Crippen LogP contribution in [0.15, 0.2) is 65.2 Å². The minimum atomic E-state index is -1.24. The molecule has 1 saturated heterocycles. The number of allylic oxidation sites excluding steroid dienone is 5. The van der Waals surface area contributed by atoms with E-state index in [2.05, 4.69) is 29.2 Å². The van der Waals surface area contributed by atoms with E-state index < -0.39 is 5.97 Å². The number of ether oxygens (including phenoxy) is 1. The molecule has 0 unspecified atom stereocenters. The summed E-state index contributed by atoms with van der Waals surface area (Å²) in [6.07, 6.45) is 10.6. The number of carbonyl (C=O) groups is 1. The molecule has 5 heteroatoms. The van der Waals surface area contributed by atoms with Gasteiger partial charge in [-0.3, -0.25) is 0 Å². The number of anilines is 1. The lowest BCUT2D eigenvalue weighted by Gasteiger charge is -2.28. The molecule has 0 bridgehead atoms. The van der Waals surface area contributed by atoms with Crippen LogP contribution in [-0.4, -0.2) is 24.2 Å². The number of piperidine rings is 1. The van der Waals surface area contributed by atoms with Crippen molar-refractivity contribution in [1.29, 1.82) is 5.26 Å². The van der Waals surface area contributed by atoms with Gasteiger partial charge >= 0.3 is 5.97 Å². The van der Waals surface area contributed by atoms with Crippen LogP contribution in [0.4, 0.5) is 5.69 Å². The number of carboxylic acids is 1. The second-order valence-electron chi connectivity index (χ2n) is 6.62. The Balaban J connectivity index is 1.76. The first-order chi connectivity index (χ1) is 13.1. The molecular weight excluding hydrogens is 340 g/mol. The zero-order valence-corrected chi connectivity index (χ0v) is 15.3. The van der Waals surface area contributed by atoms with Crippen molar-refractivity contribution in [3.8, 4) is 6.07 Å². The maximum absolute atomic E-state index is 11.2. The lowest BCUT2D eigenvalue weighted by atomic mass is 10.1. The van der Waals surface area contributed by atoms with E-state index in [4.69, 9.17) is 15.1 Å². The number of rotatable bonds is 4. The minimum absolute atomic E-state index is 0.297. The molecule has 27 heavy (non-hydrogen) atoms. The molecule has 0 amide bonds. The van der Waals surface area contributed by atoms with E-state index in [0.29, 0.717) is 17.1 Å². The fourth-order valence-corrected chi connectivity index (χ4v) is 3.25. The van der Waals surface area contributed by atoms with Gasteiger partial charge in [0, 0.05) is 24.4 Å². The highest BCUT2D eigenvalue weighted by Crippen LogP contribution is 2.24. The molecule has 0 atom stereocenters. The molecule has 0 aliphatic carbocycles. The fraction of sp³-hybridized carbons (Fsp3) is 0.273. The first-order valence-electron chi connectivity index (χ1n) is 9.05. The summed E-state index contributed by atoms with van der Waals surface area (Å²) in [6, 6.07) is 10.1. The van der Waals surface area contributed by atoms with Gasteiger partial charge in [0.25, 0.3) is 0 Å². The van der Waals surface area contributed by atoms with Crippen molar-refractivity contribution in [2.45, 2.75) is 26.2 Å². The van der Waals surface area contributed by atoms with Crippen molar-refractivity contribution in [1.82, 2.24) is 0 Å². The number of benzene rings is 1. The third kappa shape index (κ3) is 4.68. The van der Waals surface area contributed by atoms with Crippen molar-refractivity contribution < 1.29 is 14.6 Å². The van der Waals surface area contributed by atoms with Crippen LogP contribution >= 0.6 is 0 Å². The number of hydrogen-bond acceptors (Lipinski definition) is 4. The predicted molar refractivity (Wildman–Crippen MR) is 105 cm³/mol. The highest BCUT2D eigenvalue weighted by molar-refractivity contribution is 5.93. The Morgan fingerprint density at radius 1 is 1.15 bits per heavy atom. The molecule has 1 fully saturated rings. The molecule has 1 aromatic carbocycles. The predicted octanol–water partition coefficient (Wildman–Crippen LogP) is 4.41. The summed E-state index contributed by atoms with van der Waals surface area (Å²) in [5.41, 5.74) is 2.31. The summed E-state index contributed by atoms with van der Waals surface area (Å²) in [7, 11) is 0. The number of aliphatic carboxylic acids is 1. The third-order valence-corrected chi connectivity index (χ3v) is 4.60. The van der Waals surface area contributed by atoms with Gasteiger partial charge in [0.15, 0.2) is 0 Å². The number of carboxylic acid groups (broad SMARTS) is 1. The molecular formula is C22H22N2O3. The second kappa shape index (κ2) is 8.41. The van der Waals surface area contributed by atoms with E-state index in [-0.39, 0.29) is 5.57 Å². The monoisotopic (exact) mass is 362 g/mol. The Bertz CT molecular complexity index is 877. The average molecular weight is 362 g/mol. The highest BCUT2D eigenvalue weighted by atomic mass is 16.5. The summed E-state index contributed by atoms with van der Waals surface area (Å²) < 4.78 is 5.62. The molecule has 0 radical (unpaired) electrons. The SMILES string of the molecule is CC1=CC(=C(C#N)C(=O)O)C=C(C=Cc2ccc(N3CCCCC3)cc2)O1. The van der Waals surface area contributed by atoms with Gasteiger partial charge in [-0.1, -0.05) is 18.2 Å². The Labute approximate surface area is 159 Å². The Morgan fingerprint density at radius 2 is 1.85 bits per heavy atom. The smallest absolute Gasteiger partial charge is 0.347 e. The molecule has 138 valence electrons. The molecule has 1 aromatic rings. The lowest BCUT2D eigenvalue weighted by molar-refractivity contribution is -0.132. The van der Waals surface area contributed by atoms with Crippen molar-refractivity contribution in [2.24, 2.45) is 0 Å². The van der Waals surface area contributed by atoms with Gasteiger partial charge in [-0.05, 0) is 62.1 Å². The molecule has 0 aromatic heterocycles. The van der Waals surface area contributed by atoms with Crippen molar-refractivity contribution in [3.05, 3.63) is 70.7 Å². The fourth-order valence-electron chi connectivity index (χ4n) is 3.25. The molecule has 2 aliphatic heterocycles. The van der Waals surface area contributed by atoms with Crippen molar-refractivity contribution >= 4 is 17.7 Å². The zero-order valence-electron chi connectivity index (χ0n) is 15.3. The Morgan fingerprint density at radius 3 is 2.48 bits per heavy atom. The van der Waals surface area contributed by atoms with Crippen LogP contribution in [0.5, 0.6) is 0 Å². The normalized spacial score (nSPS) is 19.0. The first-order valence-corrected chi connectivity index (χ1v) is 9.05. The molecule has 3 rings (SSSR count).